The van der Waals surface area contributed by atoms with Crippen LogP contribution in [0.3, 0.4) is 0 Å². The van der Waals surface area contributed by atoms with Crippen LogP contribution in [0.15, 0.2) is 53.5 Å². The summed E-state index contributed by atoms with van der Waals surface area (Å²) < 4.78 is 4.70. The van der Waals surface area contributed by atoms with E-state index < -0.39 is 11.2 Å². The molecule has 0 aliphatic carbocycles. The van der Waals surface area contributed by atoms with Crippen molar-refractivity contribution in [1.82, 2.24) is 4.90 Å². The number of carbonyl (C=O) groups excluding carboxylic acids is 3. The number of methoxy groups -OCH3 is 1. The van der Waals surface area contributed by atoms with Crippen LogP contribution < -0.4 is 5.32 Å². The number of hydrogen-bond acceptors (Lipinski definition) is 6. The lowest BCUT2D eigenvalue weighted by molar-refractivity contribution is -0.129. The zero-order valence-electron chi connectivity index (χ0n) is 20.0. The van der Waals surface area contributed by atoms with Gasteiger partial charge in [0.2, 0.25) is 11.8 Å². The average Bonchev–Trinajstić information content (AvgIpc) is 2.85. The molecular weight excluding hydrogens is 486 g/mol. The lowest BCUT2D eigenvalue weighted by atomic mass is 10.1. The van der Waals surface area contributed by atoms with Gasteiger partial charge < -0.3 is 10.1 Å². The molecule has 7 nitrogen and oxygen atoms in total. The van der Waals surface area contributed by atoms with E-state index in [1.807, 2.05) is 6.07 Å². The molecule has 2 aromatic carbocycles. The zero-order valence-corrected chi connectivity index (χ0v) is 21.5. The fourth-order valence-electron chi connectivity index (χ4n) is 3.62. The van der Waals surface area contributed by atoms with Crippen LogP contribution in [0.4, 0.5) is 11.4 Å². The standard InChI is InChI=1S/C26H30ClN3O4S/c1-3-4-5-6-7-15-30-23(31)17-22(35-26(30)29-21-10-8-9-19(27)16-21)24(32)28-20-13-11-18(12-14-20)25(33)34-2/h8-14,16,22H,3-7,15,17H2,1-2H3,(H,28,32). The topological polar surface area (TPSA) is 88.1 Å². The van der Waals surface area contributed by atoms with Crippen molar-refractivity contribution in [2.24, 2.45) is 4.99 Å². The molecule has 35 heavy (non-hydrogen) atoms. The summed E-state index contributed by atoms with van der Waals surface area (Å²) in [7, 11) is 1.31. The number of anilines is 1. The number of nitrogens with zero attached hydrogens (tertiary/aromatic N) is 2. The van der Waals surface area contributed by atoms with E-state index in [4.69, 9.17) is 16.3 Å². The lowest BCUT2D eigenvalue weighted by Gasteiger charge is -2.32. The predicted octanol–water partition coefficient (Wildman–Crippen LogP) is 6.06. The Morgan fingerprint density at radius 2 is 1.89 bits per heavy atom. The second-order valence-electron chi connectivity index (χ2n) is 8.20. The van der Waals surface area contributed by atoms with Crippen LogP contribution in [0.25, 0.3) is 0 Å². The largest absolute Gasteiger partial charge is 0.465 e. The van der Waals surface area contributed by atoms with Gasteiger partial charge in [-0.25, -0.2) is 9.79 Å². The molecule has 1 N–H and O–H groups in total. The highest BCUT2D eigenvalue weighted by atomic mass is 35.5. The number of carbonyl (C=O) groups is 3. The van der Waals surface area contributed by atoms with Crippen molar-refractivity contribution in [2.45, 2.75) is 50.7 Å². The second kappa shape index (κ2) is 13.3. The molecule has 0 saturated carbocycles. The molecule has 186 valence electrons. The Morgan fingerprint density at radius 1 is 1.14 bits per heavy atom. The third kappa shape index (κ3) is 7.83. The summed E-state index contributed by atoms with van der Waals surface area (Å²) >= 11 is 7.40. The Bertz CT molecular complexity index is 1070. The first kappa shape index (κ1) is 26.8. The predicted molar refractivity (Wildman–Crippen MR) is 141 cm³/mol. The summed E-state index contributed by atoms with van der Waals surface area (Å²) in [5.74, 6) is -0.871. The fourth-order valence-corrected chi connectivity index (χ4v) is 4.93. The SMILES string of the molecule is CCCCCCCN1C(=O)CC(C(=O)Nc2ccc(C(=O)OC)cc2)SC1=Nc1cccc(Cl)c1. The first-order valence-electron chi connectivity index (χ1n) is 11.7. The van der Waals surface area contributed by atoms with E-state index in [-0.39, 0.29) is 18.2 Å². The third-order valence-corrected chi connectivity index (χ3v) is 6.95. The number of amidine groups is 1. The molecular formula is C26H30ClN3O4S. The molecule has 9 heteroatoms. The van der Waals surface area contributed by atoms with Gasteiger partial charge in [-0.1, -0.05) is 62.0 Å². The van der Waals surface area contributed by atoms with E-state index >= 15 is 0 Å². The van der Waals surface area contributed by atoms with Gasteiger partial charge in [0.1, 0.15) is 5.25 Å². The van der Waals surface area contributed by atoms with Gasteiger partial charge in [0.25, 0.3) is 0 Å². The van der Waals surface area contributed by atoms with Crippen LogP contribution in [-0.4, -0.2) is 46.8 Å². The molecule has 3 rings (SSSR count). The minimum Gasteiger partial charge on any atom is -0.465 e. The van der Waals surface area contributed by atoms with Gasteiger partial charge in [-0.3, -0.25) is 14.5 Å². The number of amides is 2. The number of halogens is 1. The number of benzene rings is 2. The first-order chi connectivity index (χ1) is 16.9. The van der Waals surface area contributed by atoms with Gasteiger partial charge in [-0.05, 0) is 48.9 Å². The second-order valence-corrected chi connectivity index (χ2v) is 9.81. The van der Waals surface area contributed by atoms with Crippen molar-refractivity contribution in [3.05, 3.63) is 59.1 Å². The third-order valence-electron chi connectivity index (χ3n) is 5.52. The summed E-state index contributed by atoms with van der Waals surface area (Å²) in [5, 5.41) is 3.26. The van der Waals surface area contributed by atoms with E-state index in [2.05, 4.69) is 17.2 Å². The highest BCUT2D eigenvalue weighted by molar-refractivity contribution is 8.15. The van der Waals surface area contributed by atoms with Crippen molar-refractivity contribution in [1.29, 1.82) is 0 Å². The van der Waals surface area contributed by atoms with Crippen molar-refractivity contribution in [3.8, 4) is 0 Å². The Labute approximate surface area is 215 Å². The van der Waals surface area contributed by atoms with E-state index in [1.165, 1.54) is 25.3 Å². The molecule has 1 saturated heterocycles. The summed E-state index contributed by atoms with van der Waals surface area (Å²) in [6.45, 7) is 2.73. The molecule has 2 aromatic rings. The lowest BCUT2D eigenvalue weighted by Crippen LogP contribution is -2.45. The molecule has 1 aliphatic heterocycles. The van der Waals surface area contributed by atoms with Crippen LogP contribution in [-0.2, 0) is 14.3 Å². The van der Waals surface area contributed by atoms with Gasteiger partial charge in [-0.2, -0.15) is 0 Å². The van der Waals surface area contributed by atoms with Gasteiger partial charge in [0, 0.05) is 23.7 Å². The molecule has 1 heterocycles. The average molecular weight is 516 g/mol. The van der Waals surface area contributed by atoms with Crippen LogP contribution >= 0.6 is 23.4 Å². The summed E-state index contributed by atoms with van der Waals surface area (Å²) in [5.41, 5.74) is 1.55. The maximum atomic E-state index is 13.1. The molecule has 1 atom stereocenters. The first-order valence-corrected chi connectivity index (χ1v) is 13.0. The molecule has 2 amide bonds. The van der Waals surface area contributed by atoms with Crippen LogP contribution in [0.1, 0.15) is 55.8 Å². The molecule has 1 fully saturated rings. The van der Waals surface area contributed by atoms with Gasteiger partial charge in [0.15, 0.2) is 5.17 Å². The smallest absolute Gasteiger partial charge is 0.337 e. The molecule has 1 aliphatic rings. The van der Waals surface area contributed by atoms with E-state index in [0.717, 1.165) is 25.7 Å². The number of thioether (sulfide) groups is 1. The number of aliphatic imine (C=N–C) groups is 1. The van der Waals surface area contributed by atoms with Crippen LogP contribution in [0.5, 0.6) is 0 Å². The number of nitrogens with one attached hydrogen (secondary N) is 1. The van der Waals surface area contributed by atoms with E-state index in [0.29, 0.717) is 33.7 Å². The molecule has 0 spiro atoms. The number of hydrogen-bond donors (Lipinski definition) is 1. The number of rotatable bonds is 10. The highest BCUT2D eigenvalue weighted by Crippen LogP contribution is 2.31. The van der Waals surface area contributed by atoms with E-state index in [9.17, 15) is 14.4 Å². The normalized spacial score (nSPS) is 16.9. The van der Waals surface area contributed by atoms with Crippen LogP contribution in [0.2, 0.25) is 5.02 Å². The fraction of sp³-hybridized carbons (Fsp3) is 0.385. The Kier molecular flexibility index (Phi) is 10.2. The molecule has 0 aromatic heterocycles. The Hall–Kier alpha value is -2.84. The highest BCUT2D eigenvalue weighted by Gasteiger charge is 2.35. The summed E-state index contributed by atoms with van der Waals surface area (Å²) in [6.07, 6.45) is 5.46. The van der Waals surface area contributed by atoms with Gasteiger partial charge in [-0.15, -0.1) is 0 Å². The summed E-state index contributed by atoms with van der Waals surface area (Å²) in [6, 6.07) is 13.5. The Balaban J connectivity index is 1.74. The minimum atomic E-state index is -0.628. The van der Waals surface area contributed by atoms with Crippen molar-refractivity contribution in [2.75, 3.05) is 19.0 Å². The van der Waals surface area contributed by atoms with Crippen molar-refractivity contribution < 1.29 is 19.1 Å². The van der Waals surface area contributed by atoms with E-state index in [1.54, 1.807) is 47.4 Å². The number of esters is 1. The van der Waals surface area contributed by atoms with Crippen molar-refractivity contribution >= 4 is 57.7 Å². The number of ether oxygens (including phenoxy) is 1. The Morgan fingerprint density at radius 3 is 2.57 bits per heavy atom. The summed E-state index contributed by atoms with van der Waals surface area (Å²) in [4.78, 5) is 44.1. The molecule has 0 bridgehead atoms. The minimum absolute atomic E-state index is 0.0836. The van der Waals surface area contributed by atoms with Gasteiger partial charge >= 0.3 is 5.97 Å². The number of unbranched alkanes of at least 4 members (excludes halogenated alkanes) is 4. The quantitative estimate of drug-likeness (QED) is 0.307. The van der Waals surface area contributed by atoms with Crippen LogP contribution in [0, 0.1) is 0 Å². The molecule has 0 radical (unpaired) electrons. The maximum Gasteiger partial charge on any atom is 0.337 e. The van der Waals surface area contributed by atoms with Gasteiger partial charge in [0.05, 0.1) is 18.4 Å². The molecule has 1 unspecified atom stereocenters. The maximum absolute atomic E-state index is 13.1. The zero-order chi connectivity index (χ0) is 25.2. The van der Waals surface area contributed by atoms with Crippen molar-refractivity contribution in [3.63, 3.8) is 0 Å². The monoisotopic (exact) mass is 515 g/mol.